The van der Waals surface area contributed by atoms with Gasteiger partial charge in [0, 0.05) is 11.4 Å². The average molecular weight is 268 g/mol. The van der Waals surface area contributed by atoms with Gasteiger partial charge in [-0.2, -0.15) is 0 Å². The van der Waals surface area contributed by atoms with Crippen molar-refractivity contribution in [1.29, 1.82) is 0 Å². The molecule has 0 radical (unpaired) electrons. The van der Waals surface area contributed by atoms with Gasteiger partial charge in [-0.05, 0) is 19.9 Å². The van der Waals surface area contributed by atoms with E-state index in [1.807, 2.05) is 6.92 Å². The Labute approximate surface area is 110 Å². The highest BCUT2D eigenvalue weighted by Gasteiger charge is 2.18. The van der Waals surface area contributed by atoms with Gasteiger partial charge < -0.3 is 9.73 Å². The van der Waals surface area contributed by atoms with Crippen molar-refractivity contribution in [2.75, 3.05) is 6.54 Å². The van der Waals surface area contributed by atoms with Crippen LogP contribution in [0, 0.1) is 6.92 Å². The molecule has 3 amide bonds. The van der Waals surface area contributed by atoms with Crippen LogP contribution in [0.3, 0.4) is 0 Å². The Bertz CT molecular complexity index is 442. The molecule has 0 unspecified atom stereocenters. The number of carbonyl (C=O) groups excluding carboxylic acids is 2. The van der Waals surface area contributed by atoms with Gasteiger partial charge in [-0.1, -0.05) is 6.08 Å². The summed E-state index contributed by atoms with van der Waals surface area (Å²) in [4.78, 5) is 23.9. The molecule has 0 saturated carbocycles. The standard InChI is InChI=1S/C12H16N2O3S/c1-4-6-13-12(16)14-11(15)9(3)18-10-5-7-17-8(10)2/h4-5,7,9H,1,6H2,2-3H3,(H2,13,14,15,16)/t9-/m1/s1. The predicted molar refractivity (Wildman–Crippen MR) is 70.5 cm³/mol. The largest absolute Gasteiger partial charge is 0.468 e. The molecule has 0 aliphatic heterocycles. The third-order valence-electron chi connectivity index (χ3n) is 2.13. The number of hydrogen-bond donors (Lipinski definition) is 2. The van der Waals surface area contributed by atoms with E-state index in [1.165, 1.54) is 17.8 Å². The summed E-state index contributed by atoms with van der Waals surface area (Å²) >= 11 is 1.34. The first-order valence-corrected chi connectivity index (χ1v) is 6.33. The number of thioether (sulfide) groups is 1. The second-order valence-corrected chi connectivity index (χ2v) is 4.97. The van der Waals surface area contributed by atoms with Crippen molar-refractivity contribution in [2.24, 2.45) is 0 Å². The zero-order valence-corrected chi connectivity index (χ0v) is 11.2. The summed E-state index contributed by atoms with van der Waals surface area (Å²) in [6.07, 6.45) is 3.11. The number of imide groups is 1. The maximum atomic E-state index is 11.7. The Morgan fingerprint density at radius 3 is 2.89 bits per heavy atom. The van der Waals surface area contributed by atoms with Gasteiger partial charge in [0.15, 0.2) is 0 Å². The summed E-state index contributed by atoms with van der Waals surface area (Å²) in [5, 5.41) is 4.35. The van der Waals surface area contributed by atoms with Gasteiger partial charge in [-0.3, -0.25) is 10.1 Å². The lowest BCUT2D eigenvalue weighted by molar-refractivity contribution is -0.119. The number of nitrogens with one attached hydrogen (secondary N) is 2. The molecule has 0 aliphatic rings. The molecule has 0 bridgehead atoms. The van der Waals surface area contributed by atoms with E-state index in [1.54, 1.807) is 19.3 Å². The Kier molecular flexibility index (Phi) is 5.51. The Morgan fingerprint density at radius 1 is 1.61 bits per heavy atom. The Morgan fingerprint density at radius 2 is 2.33 bits per heavy atom. The van der Waals surface area contributed by atoms with E-state index in [-0.39, 0.29) is 11.2 Å². The average Bonchev–Trinajstić information content (AvgIpc) is 2.72. The molecule has 6 heteroatoms. The zero-order valence-electron chi connectivity index (χ0n) is 10.4. The van der Waals surface area contributed by atoms with E-state index < -0.39 is 6.03 Å². The van der Waals surface area contributed by atoms with Crippen molar-refractivity contribution in [2.45, 2.75) is 24.0 Å². The Balaban J connectivity index is 2.44. The van der Waals surface area contributed by atoms with Crippen molar-refractivity contribution in [3.63, 3.8) is 0 Å². The minimum Gasteiger partial charge on any atom is -0.468 e. The van der Waals surface area contributed by atoms with Crippen molar-refractivity contribution < 1.29 is 14.0 Å². The fourth-order valence-electron chi connectivity index (χ4n) is 1.16. The number of hydrogen-bond acceptors (Lipinski definition) is 4. The smallest absolute Gasteiger partial charge is 0.321 e. The van der Waals surface area contributed by atoms with E-state index in [2.05, 4.69) is 17.2 Å². The number of rotatable bonds is 5. The van der Waals surface area contributed by atoms with Crippen LogP contribution in [0.1, 0.15) is 12.7 Å². The number of furan rings is 1. The fourth-order valence-corrected chi connectivity index (χ4v) is 2.06. The molecule has 2 N–H and O–H groups in total. The van der Waals surface area contributed by atoms with Crippen molar-refractivity contribution in [3.05, 3.63) is 30.7 Å². The number of carbonyl (C=O) groups is 2. The Hall–Kier alpha value is -1.69. The summed E-state index contributed by atoms with van der Waals surface area (Å²) in [5.41, 5.74) is 0. The van der Waals surface area contributed by atoms with Gasteiger partial charge in [0.1, 0.15) is 5.76 Å². The molecular weight excluding hydrogens is 252 g/mol. The van der Waals surface area contributed by atoms with Crippen LogP contribution in [0.4, 0.5) is 4.79 Å². The fraction of sp³-hybridized carbons (Fsp3) is 0.333. The van der Waals surface area contributed by atoms with Crippen LogP contribution >= 0.6 is 11.8 Å². The van der Waals surface area contributed by atoms with Crippen LogP contribution in [0.2, 0.25) is 0 Å². The molecule has 1 aromatic rings. The minimum atomic E-state index is -0.517. The van der Waals surface area contributed by atoms with E-state index in [4.69, 9.17) is 4.42 Å². The van der Waals surface area contributed by atoms with Gasteiger partial charge in [-0.15, -0.1) is 18.3 Å². The van der Waals surface area contributed by atoms with Crippen LogP contribution in [-0.2, 0) is 4.79 Å². The summed E-state index contributed by atoms with van der Waals surface area (Å²) in [6.45, 7) is 7.34. The zero-order chi connectivity index (χ0) is 13.5. The van der Waals surface area contributed by atoms with Crippen LogP contribution in [0.5, 0.6) is 0 Å². The predicted octanol–water partition coefficient (Wildman–Crippen LogP) is 2.08. The topological polar surface area (TPSA) is 71.3 Å². The highest BCUT2D eigenvalue weighted by molar-refractivity contribution is 8.00. The molecule has 5 nitrogen and oxygen atoms in total. The molecule has 98 valence electrons. The summed E-state index contributed by atoms with van der Waals surface area (Å²) in [7, 11) is 0. The van der Waals surface area contributed by atoms with Crippen LogP contribution in [0.15, 0.2) is 34.3 Å². The lowest BCUT2D eigenvalue weighted by atomic mass is 10.4. The van der Waals surface area contributed by atoms with Crippen molar-refractivity contribution >= 4 is 23.7 Å². The second kappa shape index (κ2) is 6.90. The quantitative estimate of drug-likeness (QED) is 0.633. The van der Waals surface area contributed by atoms with Crippen molar-refractivity contribution in [3.8, 4) is 0 Å². The highest BCUT2D eigenvalue weighted by atomic mass is 32.2. The van der Waals surface area contributed by atoms with Crippen LogP contribution in [-0.4, -0.2) is 23.7 Å². The van der Waals surface area contributed by atoms with Gasteiger partial charge in [0.25, 0.3) is 0 Å². The molecule has 0 aliphatic carbocycles. The van der Waals surface area contributed by atoms with E-state index in [9.17, 15) is 9.59 Å². The molecule has 0 saturated heterocycles. The van der Waals surface area contributed by atoms with E-state index in [0.29, 0.717) is 6.54 Å². The van der Waals surface area contributed by atoms with Gasteiger partial charge in [-0.25, -0.2) is 4.79 Å². The van der Waals surface area contributed by atoms with Gasteiger partial charge >= 0.3 is 6.03 Å². The molecule has 1 atom stereocenters. The molecule has 18 heavy (non-hydrogen) atoms. The number of aryl methyl sites for hydroxylation is 1. The second-order valence-electron chi connectivity index (χ2n) is 3.59. The number of amides is 3. The minimum absolute atomic E-state index is 0.321. The van der Waals surface area contributed by atoms with E-state index >= 15 is 0 Å². The lowest BCUT2D eigenvalue weighted by Crippen LogP contribution is -2.42. The molecular formula is C12H16N2O3S. The molecule has 1 heterocycles. The maximum Gasteiger partial charge on any atom is 0.321 e. The first kappa shape index (κ1) is 14.4. The SMILES string of the molecule is C=CCNC(=O)NC(=O)[C@@H](C)Sc1ccoc1C. The molecule has 0 aromatic carbocycles. The van der Waals surface area contributed by atoms with Crippen LogP contribution in [0.25, 0.3) is 0 Å². The molecule has 0 spiro atoms. The summed E-state index contributed by atoms with van der Waals surface area (Å²) in [5.74, 6) is 0.415. The first-order valence-electron chi connectivity index (χ1n) is 5.45. The van der Waals surface area contributed by atoms with E-state index in [0.717, 1.165) is 10.7 Å². The maximum absolute atomic E-state index is 11.7. The molecule has 1 aromatic heterocycles. The normalized spacial score (nSPS) is 11.7. The molecule has 0 fully saturated rings. The first-order chi connectivity index (χ1) is 8.54. The third-order valence-corrected chi connectivity index (χ3v) is 3.37. The third kappa shape index (κ3) is 4.29. The lowest BCUT2D eigenvalue weighted by Gasteiger charge is -2.10. The summed E-state index contributed by atoms with van der Waals surface area (Å²) in [6, 6.07) is 1.28. The van der Waals surface area contributed by atoms with Gasteiger partial charge in [0.2, 0.25) is 5.91 Å². The monoisotopic (exact) mass is 268 g/mol. The van der Waals surface area contributed by atoms with Crippen molar-refractivity contribution in [1.82, 2.24) is 10.6 Å². The molecule has 1 rings (SSSR count). The highest BCUT2D eigenvalue weighted by Crippen LogP contribution is 2.27. The van der Waals surface area contributed by atoms with Gasteiger partial charge in [0.05, 0.1) is 11.5 Å². The summed E-state index contributed by atoms with van der Waals surface area (Å²) < 4.78 is 5.14. The number of urea groups is 1. The van der Waals surface area contributed by atoms with Crippen LogP contribution < -0.4 is 10.6 Å².